The molecule has 3 unspecified atom stereocenters. The van der Waals surface area contributed by atoms with E-state index in [0.29, 0.717) is 29.8 Å². The first-order valence-corrected chi connectivity index (χ1v) is 6.66. The Bertz CT molecular complexity index is 440. The van der Waals surface area contributed by atoms with Crippen LogP contribution in [0.3, 0.4) is 0 Å². The number of nitrogens with zero attached hydrogens (tertiary/aromatic N) is 2. The normalized spacial score (nSPS) is 27.4. The summed E-state index contributed by atoms with van der Waals surface area (Å²) in [5, 5.41) is 7.25. The van der Waals surface area contributed by atoms with Crippen molar-refractivity contribution >= 4 is 11.6 Å². The summed E-state index contributed by atoms with van der Waals surface area (Å²) in [5.41, 5.74) is 6.61. The lowest BCUT2D eigenvalue weighted by Crippen LogP contribution is -2.37. The van der Waals surface area contributed by atoms with Gasteiger partial charge in [-0.1, -0.05) is 13.8 Å². The number of nitrogen functional groups attached to an aromatic ring is 1. The fourth-order valence-electron chi connectivity index (χ4n) is 2.58. The fraction of sp³-hybridized carbons (Fsp3) is 0.692. The number of carbonyl (C=O) groups excluding carboxylic acids is 1. The lowest BCUT2D eigenvalue weighted by molar-refractivity contribution is 0.0922. The number of aromatic nitrogens is 2. The van der Waals surface area contributed by atoms with Gasteiger partial charge >= 0.3 is 0 Å². The molecule has 0 spiro atoms. The van der Waals surface area contributed by atoms with E-state index < -0.39 is 0 Å². The van der Waals surface area contributed by atoms with Crippen LogP contribution in [0.25, 0.3) is 0 Å². The quantitative estimate of drug-likeness (QED) is 0.856. The average Bonchev–Trinajstić information content (AvgIpc) is 2.86. The zero-order chi connectivity index (χ0) is 13.3. The predicted octanol–water partition coefficient (Wildman–Crippen LogP) is 1.65. The number of hydrogen-bond donors (Lipinski definition) is 2. The molecular formula is C13H22N4O. The maximum atomic E-state index is 12.1. The molecule has 0 radical (unpaired) electrons. The standard InChI is InChI=1S/C13H22N4O/c1-4-17-7-10(14)12(16-17)13(18)15-11-6-5-8(2)9(11)3/h7-9,11H,4-6,14H2,1-3H3,(H,15,18). The van der Waals surface area contributed by atoms with Gasteiger partial charge in [-0.05, 0) is 31.6 Å². The summed E-state index contributed by atoms with van der Waals surface area (Å²) in [6.07, 6.45) is 3.92. The number of anilines is 1. The summed E-state index contributed by atoms with van der Waals surface area (Å²) < 4.78 is 1.69. The largest absolute Gasteiger partial charge is 0.396 e. The lowest BCUT2D eigenvalue weighted by atomic mass is 9.98. The Hall–Kier alpha value is -1.52. The molecule has 1 fully saturated rings. The molecule has 1 aromatic heterocycles. The van der Waals surface area contributed by atoms with Gasteiger partial charge in [-0.25, -0.2) is 0 Å². The van der Waals surface area contributed by atoms with Crippen molar-refractivity contribution in [2.24, 2.45) is 11.8 Å². The number of nitrogens with one attached hydrogen (secondary N) is 1. The van der Waals surface area contributed by atoms with Crippen molar-refractivity contribution in [3.63, 3.8) is 0 Å². The Morgan fingerprint density at radius 1 is 1.56 bits per heavy atom. The minimum absolute atomic E-state index is 0.148. The first-order valence-electron chi connectivity index (χ1n) is 6.66. The van der Waals surface area contributed by atoms with Gasteiger partial charge in [0.25, 0.3) is 5.91 Å². The van der Waals surface area contributed by atoms with Gasteiger partial charge in [0.1, 0.15) is 0 Å². The van der Waals surface area contributed by atoms with E-state index in [1.807, 2.05) is 6.92 Å². The molecule has 5 nitrogen and oxygen atoms in total. The van der Waals surface area contributed by atoms with Gasteiger partial charge < -0.3 is 11.1 Å². The monoisotopic (exact) mass is 250 g/mol. The number of hydrogen-bond acceptors (Lipinski definition) is 3. The molecule has 18 heavy (non-hydrogen) atoms. The van der Waals surface area contributed by atoms with Gasteiger partial charge in [0.05, 0.1) is 5.69 Å². The Morgan fingerprint density at radius 2 is 2.28 bits per heavy atom. The summed E-state index contributed by atoms with van der Waals surface area (Å²) in [7, 11) is 0. The highest BCUT2D eigenvalue weighted by Crippen LogP contribution is 2.31. The number of amides is 1. The van der Waals surface area contributed by atoms with Gasteiger partial charge in [-0.3, -0.25) is 9.48 Å². The minimum atomic E-state index is -0.148. The number of carbonyl (C=O) groups is 1. The van der Waals surface area contributed by atoms with E-state index in [1.54, 1.807) is 10.9 Å². The fourth-order valence-corrected chi connectivity index (χ4v) is 2.58. The summed E-state index contributed by atoms with van der Waals surface area (Å²) in [6.45, 7) is 7.11. The van der Waals surface area contributed by atoms with Crippen LogP contribution < -0.4 is 11.1 Å². The maximum Gasteiger partial charge on any atom is 0.274 e. The van der Waals surface area contributed by atoms with Gasteiger partial charge in [0, 0.05) is 18.8 Å². The molecular weight excluding hydrogens is 228 g/mol. The second-order valence-electron chi connectivity index (χ2n) is 5.28. The van der Waals surface area contributed by atoms with Crippen LogP contribution in [-0.4, -0.2) is 21.7 Å². The first kappa shape index (κ1) is 12.9. The van der Waals surface area contributed by atoms with E-state index >= 15 is 0 Å². The highest BCUT2D eigenvalue weighted by molar-refractivity contribution is 5.97. The molecule has 0 aliphatic heterocycles. The van der Waals surface area contributed by atoms with Crippen molar-refractivity contribution in [1.82, 2.24) is 15.1 Å². The Morgan fingerprint density at radius 3 is 2.78 bits per heavy atom. The third kappa shape index (κ3) is 2.35. The summed E-state index contributed by atoms with van der Waals surface area (Å²) in [4.78, 5) is 12.1. The highest BCUT2D eigenvalue weighted by atomic mass is 16.2. The predicted molar refractivity (Wildman–Crippen MR) is 71.1 cm³/mol. The molecule has 1 aliphatic rings. The van der Waals surface area contributed by atoms with E-state index in [-0.39, 0.29) is 11.9 Å². The Balaban J connectivity index is 2.05. The molecule has 5 heteroatoms. The van der Waals surface area contributed by atoms with E-state index in [2.05, 4.69) is 24.3 Å². The van der Waals surface area contributed by atoms with Crippen LogP contribution in [0.1, 0.15) is 44.1 Å². The van der Waals surface area contributed by atoms with Crippen molar-refractivity contribution in [2.45, 2.75) is 46.2 Å². The van der Waals surface area contributed by atoms with Crippen LogP contribution in [0, 0.1) is 11.8 Å². The third-order valence-corrected chi connectivity index (χ3v) is 4.11. The second-order valence-corrected chi connectivity index (χ2v) is 5.28. The third-order valence-electron chi connectivity index (χ3n) is 4.11. The van der Waals surface area contributed by atoms with E-state index in [9.17, 15) is 4.79 Å². The molecule has 1 saturated carbocycles. The molecule has 1 aromatic rings. The first-order chi connectivity index (χ1) is 8.52. The second kappa shape index (κ2) is 5.00. The Kier molecular flexibility index (Phi) is 3.59. The molecule has 100 valence electrons. The summed E-state index contributed by atoms with van der Waals surface area (Å²) >= 11 is 0. The highest BCUT2D eigenvalue weighted by Gasteiger charge is 2.31. The van der Waals surface area contributed by atoms with Crippen LogP contribution >= 0.6 is 0 Å². The van der Waals surface area contributed by atoms with Gasteiger partial charge in [-0.15, -0.1) is 0 Å². The topological polar surface area (TPSA) is 72.9 Å². The maximum absolute atomic E-state index is 12.1. The van der Waals surface area contributed by atoms with Gasteiger partial charge in [0.15, 0.2) is 5.69 Å². The number of rotatable bonds is 3. The van der Waals surface area contributed by atoms with Crippen molar-refractivity contribution in [3.05, 3.63) is 11.9 Å². The summed E-state index contributed by atoms with van der Waals surface area (Å²) in [5.74, 6) is 1.04. The molecule has 3 N–H and O–H groups in total. The molecule has 0 aromatic carbocycles. The smallest absolute Gasteiger partial charge is 0.274 e. The van der Waals surface area contributed by atoms with Crippen molar-refractivity contribution in [2.75, 3.05) is 5.73 Å². The molecule has 1 heterocycles. The molecule has 2 rings (SSSR count). The van der Waals surface area contributed by atoms with Crippen LogP contribution in [-0.2, 0) is 6.54 Å². The lowest BCUT2D eigenvalue weighted by Gasteiger charge is -2.19. The van der Waals surface area contributed by atoms with Crippen LogP contribution in [0.5, 0.6) is 0 Å². The van der Waals surface area contributed by atoms with E-state index in [4.69, 9.17) is 5.73 Å². The molecule has 0 bridgehead atoms. The molecule has 0 saturated heterocycles. The van der Waals surface area contributed by atoms with E-state index in [1.165, 1.54) is 6.42 Å². The van der Waals surface area contributed by atoms with Gasteiger partial charge in [-0.2, -0.15) is 5.10 Å². The van der Waals surface area contributed by atoms with Gasteiger partial charge in [0.2, 0.25) is 0 Å². The number of aryl methyl sites for hydroxylation is 1. The van der Waals surface area contributed by atoms with Crippen molar-refractivity contribution in [3.8, 4) is 0 Å². The zero-order valence-electron chi connectivity index (χ0n) is 11.3. The van der Waals surface area contributed by atoms with Crippen molar-refractivity contribution < 1.29 is 4.79 Å². The summed E-state index contributed by atoms with van der Waals surface area (Å²) in [6, 6.07) is 0.249. The average molecular weight is 250 g/mol. The zero-order valence-corrected chi connectivity index (χ0v) is 11.3. The molecule has 1 amide bonds. The minimum Gasteiger partial charge on any atom is -0.396 e. The van der Waals surface area contributed by atoms with Crippen LogP contribution in [0.15, 0.2) is 6.20 Å². The van der Waals surface area contributed by atoms with Crippen molar-refractivity contribution in [1.29, 1.82) is 0 Å². The van der Waals surface area contributed by atoms with Crippen LogP contribution in [0.4, 0.5) is 5.69 Å². The number of nitrogens with two attached hydrogens (primary N) is 1. The Labute approximate surface area is 108 Å². The molecule has 1 aliphatic carbocycles. The van der Waals surface area contributed by atoms with Crippen LogP contribution in [0.2, 0.25) is 0 Å². The SMILES string of the molecule is CCn1cc(N)c(C(=O)NC2CCC(C)C2C)n1. The molecule has 3 atom stereocenters. The van der Waals surface area contributed by atoms with E-state index in [0.717, 1.165) is 6.42 Å².